The molecular formula is C30H28ClN3O3. The average Bonchev–Trinajstić information content (AvgIpc) is 3.47. The predicted octanol–water partition coefficient (Wildman–Crippen LogP) is 6.54. The fourth-order valence-corrected chi connectivity index (χ4v) is 4.21. The Hall–Kier alpha value is -4.29. The third-order valence-corrected chi connectivity index (χ3v) is 6.27. The van der Waals surface area contributed by atoms with Crippen molar-refractivity contribution in [2.75, 3.05) is 7.11 Å². The number of carbonyl (C=O) groups is 1. The normalized spacial score (nSPS) is 14.7. The van der Waals surface area contributed by atoms with Crippen molar-refractivity contribution in [2.24, 2.45) is 10.7 Å². The Balaban J connectivity index is 1.42. The van der Waals surface area contributed by atoms with Crippen LogP contribution in [0.25, 0.3) is 17.4 Å². The number of furan rings is 1. The Morgan fingerprint density at radius 3 is 2.57 bits per heavy atom. The molecule has 0 saturated carbocycles. The van der Waals surface area contributed by atoms with Crippen LogP contribution < -0.4 is 10.5 Å². The smallest absolute Gasteiger partial charge is 0.279 e. The van der Waals surface area contributed by atoms with E-state index in [9.17, 15) is 4.79 Å². The second-order valence-electron chi connectivity index (χ2n) is 8.44. The molecule has 2 heterocycles. The van der Waals surface area contributed by atoms with Crippen molar-refractivity contribution in [2.45, 2.75) is 19.4 Å². The van der Waals surface area contributed by atoms with Gasteiger partial charge in [-0.1, -0.05) is 67.3 Å². The van der Waals surface area contributed by atoms with Gasteiger partial charge < -0.3 is 14.9 Å². The summed E-state index contributed by atoms with van der Waals surface area (Å²) < 4.78 is 11.1. The van der Waals surface area contributed by atoms with E-state index in [1.165, 1.54) is 10.5 Å². The number of aryl methyl sites for hydroxylation is 1. The van der Waals surface area contributed by atoms with Gasteiger partial charge >= 0.3 is 0 Å². The molecule has 0 unspecified atom stereocenters. The van der Waals surface area contributed by atoms with Crippen LogP contribution in [0.15, 0.2) is 107 Å². The third-order valence-electron chi connectivity index (χ3n) is 5.98. The Kier molecular flexibility index (Phi) is 8.11. The molecule has 0 bridgehead atoms. The monoisotopic (exact) mass is 513 g/mol. The molecule has 1 aromatic heterocycles. The Morgan fingerprint density at radius 2 is 1.89 bits per heavy atom. The minimum atomic E-state index is -0.280. The van der Waals surface area contributed by atoms with E-state index >= 15 is 0 Å². The van der Waals surface area contributed by atoms with Crippen LogP contribution >= 0.6 is 11.6 Å². The molecule has 37 heavy (non-hydrogen) atoms. The zero-order valence-corrected chi connectivity index (χ0v) is 21.4. The molecule has 0 aliphatic carbocycles. The zero-order valence-electron chi connectivity index (χ0n) is 20.6. The number of allylic oxidation sites excluding steroid dienone is 4. The maximum atomic E-state index is 13.0. The van der Waals surface area contributed by atoms with E-state index in [1.54, 1.807) is 37.5 Å². The van der Waals surface area contributed by atoms with Crippen molar-refractivity contribution in [1.29, 1.82) is 0 Å². The van der Waals surface area contributed by atoms with Crippen molar-refractivity contribution in [3.8, 4) is 17.1 Å². The lowest BCUT2D eigenvalue weighted by molar-refractivity contribution is -0.123. The maximum Gasteiger partial charge on any atom is 0.279 e. The van der Waals surface area contributed by atoms with Gasteiger partial charge in [0.25, 0.3) is 5.91 Å². The Bertz CT molecular complexity index is 1410. The summed E-state index contributed by atoms with van der Waals surface area (Å²) in [5.74, 6) is 1.54. The number of halogens is 1. The van der Waals surface area contributed by atoms with Gasteiger partial charge in [0, 0.05) is 11.6 Å². The summed E-state index contributed by atoms with van der Waals surface area (Å²) in [7, 11) is 1.56. The molecule has 3 aromatic rings. The highest BCUT2D eigenvalue weighted by atomic mass is 35.5. The van der Waals surface area contributed by atoms with E-state index in [0.717, 1.165) is 29.5 Å². The first-order chi connectivity index (χ1) is 17.9. The molecule has 188 valence electrons. The summed E-state index contributed by atoms with van der Waals surface area (Å²) in [5, 5.41) is 0.481. The summed E-state index contributed by atoms with van der Waals surface area (Å²) in [5.41, 5.74) is 10.4. The fourth-order valence-electron chi connectivity index (χ4n) is 3.95. The standard InChI is InChI=1S/C30H28ClN3O3/c1-4-6-20(5-2)7-8-21-9-11-22(12-10-21)19-34-29(35)26(33-30(34)32)18-24-14-16-27(37-24)23-13-15-28(36-3)25(31)17-23/h4-6,9-18H,1-2,7-8,19H2,3H3,(H2,32,33)/b20-6+,26-18+. The molecule has 1 aliphatic heterocycles. The van der Waals surface area contributed by atoms with Crippen molar-refractivity contribution in [1.82, 2.24) is 4.90 Å². The Morgan fingerprint density at radius 1 is 1.14 bits per heavy atom. The van der Waals surface area contributed by atoms with Crippen molar-refractivity contribution in [3.05, 3.63) is 119 Å². The summed E-state index contributed by atoms with van der Waals surface area (Å²) in [6, 6.07) is 17.1. The number of hydrogen-bond acceptors (Lipinski definition) is 5. The van der Waals surface area contributed by atoms with E-state index in [0.29, 0.717) is 28.8 Å². The van der Waals surface area contributed by atoms with E-state index in [-0.39, 0.29) is 17.6 Å². The number of carbonyl (C=O) groups excluding carboxylic acids is 1. The van der Waals surface area contributed by atoms with Crippen LogP contribution in [-0.2, 0) is 17.8 Å². The number of rotatable bonds is 10. The summed E-state index contributed by atoms with van der Waals surface area (Å²) in [6.45, 7) is 7.90. The molecule has 1 amide bonds. The van der Waals surface area contributed by atoms with Crippen LogP contribution in [0, 0.1) is 0 Å². The molecule has 2 N–H and O–H groups in total. The molecule has 1 aliphatic rings. The third kappa shape index (κ3) is 6.11. The van der Waals surface area contributed by atoms with Gasteiger partial charge in [-0.25, -0.2) is 4.99 Å². The molecule has 6 nitrogen and oxygen atoms in total. The average molecular weight is 514 g/mol. The zero-order chi connectivity index (χ0) is 26.4. The number of benzene rings is 2. The lowest BCUT2D eigenvalue weighted by Gasteiger charge is -2.15. The lowest BCUT2D eigenvalue weighted by Crippen LogP contribution is -2.36. The summed E-state index contributed by atoms with van der Waals surface area (Å²) in [6.07, 6.45) is 8.93. The molecule has 7 heteroatoms. The van der Waals surface area contributed by atoms with Gasteiger partial charge in [-0.2, -0.15) is 0 Å². The SMILES string of the molecule is C=C/C=C(\C=C)CCc1ccc(CN2C(=O)/C(=C\c3ccc(-c4ccc(OC)c(Cl)c4)o3)N=C2N)cc1. The number of guanidine groups is 1. The molecule has 4 rings (SSSR count). The highest BCUT2D eigenvalue weighted by molar-refractivity contribution is 6.32. The number of amides is 1. The van der Waals surface area contributed by atoms with Crippen molar-refractivity contribution >= 4 is 29.5 Å². The van der Waals surface area contributed by atoms with Crippen LogP contribution in [0.5, 0.6) is 5.75 Å². The van der Waals surface area contributed by atoms with Gasteiger partial charge in [0.2, 0.25) is 5.96 Å². The molecule has 0 atom stereocenters. The molecule has 0 spiro atoms. The van der Waals surface area contributed by atoms with Crippen LogP contribution in [0.1, 0.15) is 23.3 Å². The van der Waals surface area contributed by atoms with Crippen LogP contribution in [0.2, 0.25) is 5.02 Å². The first-order valence-corrected chi connectivity index (χ1v) is 12.1. The second kappa shape index (κ2) is 11.6. The van der Waals surface area contributed by atoms with Crippen LogP contribution in [0.4, 0.5) is 0 Å². The molecule has 0 radical (unpaired) electrons. The van der Waals surface area contributed by atoms with Crippen molar-refractivity contribution in [3.63, 3.8) is 0 Å². The quantitative estimate of drug-likeness (QED) is 0.246. The number of hydrogen-bond donors (Lipinski definition) is 1. The summed E-state index contributed by atoms with van der Waals surface area (Å²) >= 11 is 6.23. The van der Waals surface area contributed by atoms with Gasteiger partial charge in [0.15, 0.2) is 0 Å². The molecule has 0 saturated heterocycles. The minimum Gasteiger partial charge on any atom is -0.495 e. The van der Waals surface area contributed by atoms with E-state index < -0.39 is 0 Å². The summed E-state index contributed by atoms with van der Waals surface area (Å²) in [4.78, 5) is 18.7. The maximum absolute atomic E-state index is 13.0. The number of ether oxygens (including phenoxy) is 1. The largest absolute Gasteiger partial charge is 0.495 e. The molecular weight excluding hydrogens is 486 g/mol. The van der Waals surface area contributed by atoms with Crippen molar-refractivity contribution < 1.29 is 13.9 Å². The van der Waals surface area contributed by atoms with Gasteiger partial charge in [-0.15, -0.1) is 0 Å². The number of nitrogens with zero attached hydrogens (tertiary/aromatic N) is 2. The number of nitrogens with two attached hydrogens (primary N) is 1. The minimum absolute atomic E-state index is 0.152. The van der Waals surface area contributed by atoms with E-state index in [2.05, 4.69) is 30.3 Å². The van der Waals surface area contributed by atoms with Gasteiger partial charge in [0.05, 0.1) is 18.7 Å². The van der Waals surface area contributed by atoms with E-state index in [4.69, 9.17) is 26.5 Å². The second-order valence-corrected chi connectivity index (χ2v) is 8.85. The van der Waals surface area contributed by atoms with Gasteiger partial charge in [-0.3, -0.25) is 9.69 Å². The first-order valence-electron chi connectivity index (χ1n) is 11.7. The number of methoxy groups -OCH3 is 1. The topological polar surface area (TPSA) is 81.1 Å². The predicted molar refractivity (Wildman–Crippen MR) is 149 cm³/mol. The van der Waals surface area contributed by atoms with Crippen LogP contribution in [-0.4, -0.2) is 23.9 Å². The highest BCUT2D eigenvalue weighted by Gasteiger charge is 2.28. The van der Waals surface area contributed by atoms with Crippen LogP contribution in [0.3, 0.4) is 0 Å². The lowest BCUT2D eigenvalue weighted by atomic mass is 10.0. The molecule has 2 aromatic carbocycles. The van der Waals surface area contributed by atoms with E-state index in [1.807, 2.05) is 36.4 Å². The van der Waals surface area contributed by atoms with Gasteiger partial charge in [-0.05, 0) is 59.9 Å². The molecule has 0 fully saturated rings. The Labute approximate surface area is 221 Å². The highest BCUT2D eigenvalue weighted by Crippen LogP contribution is 2.32. The fraction of sp³-hybridized carbons (Fsp3) is 0.133. The number of aliphatic imine (C=N–C) groups is 1. The first kappa shape index (κ1) is 25.8. The van der Waals surface area contributed by atoms with Gasteiger partial charge in [0.1, 0.15) is 23.0 Å².